The van der Waals surface area contributed by atoms with Crippen LogP contribution in [0, 0.1) is 5.82 Å². The highest BCUT2D eigenvalue weighted by molar-refractivity contribution is 7.92. The van der Waals surface area contributed by atoms with Gasteiger partial charge in [0.2, 0.25) is 10.0 Å². The summed E-state index contributed by atoms with van der Waals surface area (Å²) in [6, 6.07) is 10.7. The summed E-state index contributed by atoms with van der Waals surface area (Å²) in [5, 5.41) is -0.133. The van der Waals surface area contributed by atoms with Gasteiger partial charge in [0.25, 0.3) is 0 Å². The van der Waals surface area contributed by atoms with Gasteiger partial charge in [0.05, 0.1) is 45.0 Å². The van der Waals surface area contributed by atoms with E-state index in [1.807, 2.05) is 6.07 Å². The van der Waals surface area contributed by atoms with Crippen LogP contribution in [0.4, 0.5) is 10.1 Å². The molecule has 1 N–H and O–H groups in total. The zero-order chi connectivity index (χ0) is 23.6. The van der Waals surface area contributed by atoms with Crippen molar-refractivity contribution >= 4 is 44.1 Å². The second kappa shape index (κ2) is 9.21. The van der Waals surface area contributed by atoms with Gasteiger partial charge in [-0.25, -0.2) is 17.8 Å². The minimum absolute atomic E-state index is 0.133. The summed E-state index contributed by atoms with van der Waals surface area (Å²) in [6.07, 6.45) is 5.24. The van der Waals surface area contributed by atoms with Crippen molar-refractivity contribution < 1.29 is 17.6 Å². The van der Waals surface area contributed by atoms with Crippen molar-refractivity contribution in [1.29, 1.82) is 0 Å². The third-order valence-electron chi connectivity index (χ3n) is 4.82. The van der Waals surface area contributed by atoms with E-state index in [-0.39, 0.29) is 22.0 Å². The maximum Gasteiger partial charge on any atom is 0.232 e. The van der Waals surface area contributed by atoms with Crippen molar-refractivity contribution in [1.82, 2.24) is 15.0 Å². The Morgan fingerprint density at radius 3 is 2.67 bits per heavy atom. The normalized spacial score (nSPS) is 11.5. The summed E-state index contributed by atoms with van der Waals surface area (Å²) in [7, 11) is -3.75. The second-order valence-corrected chi connectivity index (χ2v) is 9.48. The molecule has 0 aliphatic heterocycles. The Labute approximate surface area is 194 Å². The predicted octanol–water partition coefficient (Wildman–Crippen LogP) is 4.87. The van der Waals surface area contributed by atoms with E-state index >= 15 is 4.39 Å². The van der Waals surface area contributed by atoms with Gasteiger partial charge in [-0.15, -0.1) is 0 Å². The van der Waals surface area contributed by atoms with Crippen molar-refractivity contribution in [2.75, 3.05) is 10.5 Å². The average molecular weight is 485 g/mol. The van der Waals surface area contributed by atoms with Gasteiger partial charge in [-0.2, -0.15) is 0 Å². The molecule has 0 fully saturated rings. The van der Waals surface area contributed by atoms with Gasteiger partial charge in [-0.1, -0.05) is 18.5 Å². The molecule has 168 valence electrons. The molecule has 0 saturated carbocycles. The molecule has 2 aromatic heterocycles. The van der Waals surface area contributed by atoms with Gasteiger partial charge >= 0.3 is 0 Å². The van der Waals surface area contributed by atoms with Crippen molar-refractivity contribution in [3.63, 3.8) is 0 Å². The Morgan fingerprint density at radius 1 is 1.12 bits per heavy atom. The number of carbonyl (C=O) groups excluding carboxylic acids is 1. The Kier molecular flexibility index (Phi) is 6.35. The van der Waals surface area contributed by atoms with E-state index in [9.17, 15) is 13.2 Å². The number of hydrogen-bond donors (Lipinski definition) is 1. The number of ketones is 1. The van der Waals surface area contributed by atoms with Gasteiger partial charge in [0, 0.05) is 23.5 Å². The highest BCUT2D eigenvalue weighted by Crippen LogP contribution is 2.29. The second-order valence-electron chi connectivity index (χ2n) is 7.23. The van der Waals surface area contributed by atoms with Crippen LogP contribution in [0.25, 0.3) is 22.3 Å². The first-order chi connectivity index (χ1) is 15.8. The molecule has 0 unspecified atom stereocenters. The monoisotopic (exact) mass is 484 g/mol. The lowest BCUT2D eigenvalue weighted by atomic mass is 10.0. The largest absolute Gasteiger partial charge is 0.288 e. The average Bonchev–Trinajstić information content (AvgIpc) is 2.80. The number of nitrogens with one attached hydrogen (secondary N) is 1. The molecule has 0 aliphatic carbocycles. The standard InChI is InChI=1S/C23H18ClFN4O3S/c1-2-10-33(31,32)29-18-8-6-16(24)21(22(18)25)23(30)14-5-7-17-19(11-14)28-20(13-27-17)15-4-3-9-26-12-15/h3-9,11-13,29H,2,10H2,1H3. The predicted molar refractivity (Wildman–Crippen MR) is 125 cm³/mol. The molecule has 2 heterocycles. The number of pyridine rings is 1. The summed E-state index contributed by atoms with van der Waals surface area (Å²) in [6.45, 7) is 1.69. The Hall–Kier alpha value is -3.43. The van der Waals surface area contributed by atoms with E-state index in [1.165, 1.54) is 24.3 Å². The minimum atomic E-state index is -3.75. The molecule has 0 atom stereocenters. The highest BCUT2D eigenvalue weighted by atomic mass is 35.5. The van der Waals surface area contributed by atoms with E-state index in [0.717, 1.165) is 5.56 Å². The molecule has 0 bridgehead atoms. The van der Waals surface area contributed by atoms with Crippen LogP contribution in [-0.2, 0) is 10.0 Å². The number of anilines is 1. The van der Waals surface area contributed by atoms with Crippen LogP contribution >= 0.6 is 11.6 Å². The molecule has 7 nitrogen and oxygen atoms in total. The van der Waals surface area contributed by atoms with Gasteiger partial charge in [0.15, 0.2) is 11.6 Å². The summed E-state index contributed by atoms with van der Waals surface area (Å²) in [5.41, 5.74) is 1.67. The summed E-state index contributed by atoms with van der Waals surface area (Å²) >= 11 is 6.13. The van der Waals surface area contributed by atoms with Crippen LogP contribution < -0.4 is 4.72 Å². The number of halogens is 2. The topological polar surface area (TPSA) is 102 Å². The molecular weight excluding hydrogens is 467 g/mol. The Morgan fingerprint density at radius 2 is 1.94 bits per heavy atom. The van der Waals surface area contributed by atoms with Gasteiger partial charge in [-0.3, -0.25) is 19.5 Å². The van der Waals surface area contributed by atoms with Crippen LogP contribution in [0.2, 0.25) is 5.02 Å². The van der Waals surface area contributed by atoms with Crippen LogP contribution in [0.5, 0.6) is 0 Å². The van der Waals surface area contributed by atoms with Crippen LogP contribution in [0.3, 0.4) is 0 Å². The maximum atomic E-state index is 15.2. The van der Waals surface area contributed by atoms with Crippen LogP contribution in [-0.4, -0.2) is 34.9 Å². The number of carbonyl (C=O) groups is 1. The van der Waals surface area contributed by atoms with Crippen molar-refractivity contribution in [3.05, 3.63) is 83.0 Å². The zero-order valence-corrected chi connectivity index (χ0v) is 19.0. The van der Waals surface area contributed by atoms with Crippen LogP contribution in [0.1, 0.15) is 29.3 Å². The molecule has 4 rings (SSSR count). The smallest absolute Gasteiger partial charge is 0.232 e. The first-order valence-corrected chi connectivity index (χ1v) is 12.0. The van der Waals surface area contributed by atoms with E-state index in [1.54, 1.807) is 37.6 Å². The number of sulfonamides is 1. The van der Waals surface area contributed by atoms with Gasteiger partial charge in [-0.05, 0) is 48.9 Å². The molecule has 2 aromatic carbocycles. The molecule has 0 saturated heterocycles. The van der Waals surface area contributed by atoms with E-state index in [2.05, 4.69) is 19.7 Å². The number of aromatic nitrogens is 3. The fraction of sp³-hybridized carbons (Fsp3) is 0.130. The highest BCUT2D eigenvalue weighted by Gasteiger charge is 2.23. The van der Waals surface area contributed by atoms with Crippen LogP contribution in [0.15, 0.2) is 61.1 Å². The zero-order valence-electron chi connectivity index (χ0n) is 17.4. The summed E-state index contributed by atoms with van der Waals surface area (Å²) in [4.78, 5) is 26.1. The number of rotatable bonds is 7. The van der Waals surface area contributed by atoms with E-state index < -0.39 is 27.2 Å². The molecule has 10 heteroatoms. The lowest BCUT2D eigenvalue weighted by Crippen LogP contribution is -2.18. The number of nitrogens with zero attached hydrogens (tertiary/aromatic N) is 3. The van der Waals surface area contributed by atoms with Crippen molar-refractivity contribution in [2.24, 2.45) is 0 Å². The first-order valence-electron chi connectivity index (χ1n) is 9.99. The molecule has 33 heavy (non-hydrogen) atoms. The fourth-order valence-corrected chi connectivity index (χ4v) is 4.64. The Bertz CT molecular complexity index is 1460. The Balaban J connectivity index is 1.74. The van der Waals surface area contributed by atoms with Gasteiger partial charge < -0.3 is 0 Å². The minimum Gasteiger partial charge on any atom is -0.288 e. The fourth-order valence-electron chi connectivity index (χ4n) is 3.28. The quantitative estimate of drug-likeness (QED) is 0.375. The lowest BCUT2D eigenvalue weighted by molar-refractivity contribution is 0.103. The number of hydrogen-bond acceptors (Lipinski definition) is 6. The molecule has 0 aliphatic rings. The third-order valence-corrected chi connectivity index (χ3v) is 6.61. The van der Waals surface area contributed by atoms with Gasteiger partial charge in [0.1, 0.15) is 0 Å². The molecular formula is C23H18ClFN4O3S. The molecule has 0 radical (unpaired) electrons. The third kappa shape index (κ3) is 4.84. The maximum absolute atomic E-state index is 15.2. The molecule has 4 aromatic rings. The van der Waals surface area contributed by atoms with E-state index in [4.69, 9.17) is 11.6 Å². The first kappa shape index (κ1) is 22.8. The van der Waals surface area contributed by atoms with E-state index in [0.29, 0.717) is 23.1 Å². The molecule has 0 spiro atoms. The summed E-state index contributed by atoms with van der Waals surface area (Å²) < 4.78 is 41.5. The molecule has 0 amide bonds. The number of fused-ring (bicyclic) bond motifs is 1. The summed E-state index contributed by atoms with van der Waals surface area (Å²) in [5.74, 6) is -1.92. The SMILES string of the molecule is CCCS(=O)(=O)Nc1ccc(Cl)c(C(=O)c2ccc3ncc(-c4cccnc4)nc3c2)c1F. The van der Waals surface area contributed by atoms with Crippen molar-refractivity contribution in [3.8, 4) is 11.3 Å². The lowest BCUT2D eigenvalue weighted by Gasteiger charge is -2.12. The van der Waals surface area contributed by atoms with Crippen molar-refractivity contribution in [2.45, 2.75) is 13.3 Å². The number of benzene rings is 2.